The molecule has 0 spiro atoms. The predicted molar refractivity (Wildman–Crippen MR) is 104 cm³/mol. The Hall–Kier alpha value is -2.97. The van der Waals surface area contributed by atoms with Gasteiger partial charge < -0.3 is 10.6 Å². The van der Waals surface area contributed by atoms with Gasteiger partial charge >= 0.3 is 0 Å². The van der Waals surface area contributed by atoms with Crippen LogP contribution in [0.2, 0.25) is 0 Å². The molecule has 3 N–H and O–H groups in total. The lowest BCUT2D eigenvalue weighted by Gasteiger charge is -2.06. The fourth-order valence-corrected chi connectivity index (χ4v) is 2.99. The zero-order valence-electron chi connectivity index (χ0n) is 15.0. The molecule has 27 heavy (non-hydrogen) atoms. The Morgan fingerprint density at radius 1 is 1.07 bits per heavy atom. The van der Waals surface area contributed by atoms with Gasteiger partial charge in [0, 0.05) is 25.2 Å². The minimum absolute atomic E-state index is 0.158. The highest BCUT2D eigenvalue weighted by Crippen LogP contribution is 2.12. The third-order valence-corrected chi connectivity index (χ3v) is 5.03. The van der Waals surface area contributed by atoms with Gasteiger partial charge in [-0.05, 0) is 48.5 Å². The zero-order valence-corrected chi connectivity index (χ0v) is 15.8. The molecule has 0 bridgehead atoms. The van der Waals surface area contributed by atoms with E-state index in [4.69, 9.17) is 0 Å². The molecule has 0 atom stereocenters. The molecule has 2 aromatic rings. The van der Waals surface area contributed by atoms with Crippen LogP contribution in [0.15, 0.2) is 59.5 Å². The smallest absolute Gasteiger partial charge is 0.244 e. The minimum Gasteiger partial charge on any atom is -0.348 e. The highest BCUT2D eigenvalue weighted by Gasteiger charge is 2.09. The maximum atomic E-state index is 12.0. The number of amides is 2. The normalized spacial score (nSPS) is 11.3. The average molecular weight is 387 g/mol. The van der Waals surface area contributed by atoms with Gasteiger partial charge in [-0.25, -0.2) is 13.1 Å². The summed E-state index contributed by atoms with van der Waals surface area (Å²) >= 11 is 0. The number of anilines is 1. The van der Waals surface area contributed by atoms with E-state index in [1.807, 2.05) is 6.07 Å². The zero-order chi connectivity index (χ0) is 19.9. The lowest BCUT2D eigenvalue weighted by molar-refractivity contribution is -0.116. The molecule has 0 aliphatic carbocycles. The van der Waals surface area contributed by atoms with Crippen LogP contribution in [0.4, 0.5) is 5.69 Å². The van der Waals surface area contributed by atoms with E-state index in [0.29, 0.717) is 17.8 Å². The van der Waals surface area contributed by atoms with Gasteiger partial charge in [0.25, 0.3) is 0 Å². The van der Waals surface area contributed by atoms with Gasteiger partial charge in [-0.2, -0.15) is 0 Å². The van der Waals surface area contributed by atoms with Crippen LogP contribution in [-0.4, -0.2) is 27.3 Å². The van der Waals surface area contributed by atoms with E-state index in [1.54, 1.807) is 36.4 Å². The van der Waals surface area contributed by atoms with Crippen molar-refractivity contribution in [2.45, 2.75) is 18.4 Å². The van der Waals surface area contributed by atoms with E-state index in [-0.39, 0.29) is 16.7 Å². The summed E-state index contributed by atoms with van der Waals surface area (Å²) in [5, 5.41) is 5.44. The molecular formula is C19H21N3O4S. The van der Waals surface area contributed by atoms with Crippen LogP contribution < -0.4 is 15.4 Å². The summed E-state index contributed by atoms with van der Waals surface area (Å²) in [7, 11) is -2.13. The van der Waals surface area contributed by atoms with Gasteiger partial charge in [0.15, 0.2) is 0 Å². The van der Waals surface area contributed by atoms with Gasteiger partial charge in [0.1, 0.15) is 0 Å². The lowest BCUT2D eigenvalue weighted by atomic mass is 10.2. The molecule has 2 aromatic carbocycles. The van der Waals surface area contributed by atoms with Crippen molar-refractivity contribution in [2.24, 2.45) is 0 Å². The van der Waals surface area contributed by atoms with Crippen molar-refractivity contribution in [3.05, 3.63) is 65.7 Å². The Bertz CT molecular complexity index is 951. The summed E-state index contributed by atoms with van der Waals surface area (Å²) in [6, 6.07) is 13.4. The molecule has 0 unspecified atom stereocenters. The lowest BCUT2D eigenvalue weighted by Crippen LogP contribution is -2.20. The van der Waals surface area contributed by atoms with Crippen molar-refractivity contribution < 1.29 is 18.0 Å². The molecule has 0 aromatic heterocycles. The Morgan fingerprint density at radius 3 is 2.41 bits per heavy atom. The number of nitrogens with one attached hydrogen (secondary N) is 3. The number of benzene rings is 2. The van der Waals surface area contributed by atoms with Crippen LogP contribution in [0.25, 0.3) is 6.08 Å². The summed E-state index contributed by atoms with van der Waals surface area (Å²) in [5.74, 6) is -0.445. The third-order valence-electron chi connectivity index (χ3n) is 3.60. The highest BCUT2D eigenvalue weighted by molar-refractivity contribution is 7.89. The molecule has 0 aliphatic rings. The van der Waals surface area contributed by atoms with Crippen LogP contribution in [-0.2, 0) is 26.2 Å². The number of carbonyl (C=O) groups is 2. The van der Waals surface area contributed by atoms with E-state index >= 15 is 0 Å². The summed E-state index contributed by atoms with van der Waals surface area (Å²) < 4.78 is 25.6. The van der Waals surface area contributed by atoms with Crippen molar-refractivity contribution in [1.29, 1.82) is 0 Å². The SMILES string of the molecule is CNS(=O)(=O)c1ccc(C=CC(=O)NCc2cccc(NC(C)=O)c2)cc1. The molecule has 0 aliphatic heterocycles. The summed E-state index contributed by atoms with van der Waals surface area (Å²) in [4.78, 5) is 23.2. The largest absolute Gasteiger partial charge is 0.348 e. The van der Waals surface area contributed by atoms with E-state index in [1.165, 1.54) is 32.2 Å². The molecule has 142 valence electrons. The molecule has 2 rings (SSSR count). The van der Waals surface area contributed by atoms with Crippen molar-refractivity contribution in [3.63, 3.8) is 0 Å². The van der Waals surface area contributed by atoms with E-state index in [0.717, 1.165) is 5.56 Å². The van der Waals surface area contributed by atoms with Crippen molar-refractivity contribution in [1.82, 2.24) is 10.0 Å². The van der Waals surface area contributed by atoms with Gasteiger partial charge in [-0.3, -0.25) is 9.59 Å². The quantitative estimate of drug-likeness (QED) is 0.631. The van der Waals surface area contributed by atoms with Gasteiger partial charge in [0.2, 0.25) is 21.8 Å². The number of hydrogen-bond acceptors (Lipinski definition) is 4. The summed E-state index contributed by atoms with van der Waals surface area (Å²) in [6.45, 7) is 1.75. The first-order chi connectivity index (χ1) is 12.8. The van der Waals surface area contributed by atoms with Crippen LogP contribution in [0.5, 0.6) is 0 Å². The van der Waals surface area contributed by atoms with Gasteiger partial charge in [-0.1, -0.05) is 24.3 Å². The number of carbonyl (C=O) groups excluding carboxylic acids is 2. The molecule has 0 saturated carbocycles. The Morgan fingerprint density at radius 2 is 1.78 bits per heavy atom. The van der Waals surface area contributed by atoms with E-state index in [9.17, 15) is 18.0 Å². The fraction of sp³-hybridized carbons (Fsp3) is 0.158. The van der Waals surface area contributed by atoms with Crippen LogP contribution >= 0.6 is 0 Å². The molecular weight excluding hydrogens is 366 g/mol. The first kappa shape index (κ1) is 20.3. The maximum Gasteiger partial charge on any atom is 0.244 e. The summed E-state index contributed by atoms with van der Waals surface area (Å²) in [6.07, 6.45) is 2.97. The van der Waals surface area contributed by atoms with Crippen molar-refractivity contribution in [2.75, 3.05) is 12.4 Å². The number of rotatable bonds is 7. The first-order valence-corrected chi connectivity index (χ1v) is 9.64. The molecule has 2 amide bonds. The van der Waals surface area contributed by atoms with Crippen LogP contribution in [0.1, 0.15) is 18.1 Å². The molecule has 7 nitrogen and oxygen atoms in total. The maximum absolute atomic E-state index is 12.0. The number of sulfonamides is 1. The van der Waals surface area contributed by atoms with Crippen molar-refractivity contribution in [3.8, 4) is 0 Å². The Labute approximate surface area is 158 Å². The first-order valence-electron chi connectivity index (χ1n) is 8.16. The summed E-state index contributed by atoms with van der Waals surface area (Å²) in [5.41, 5.74) is 2.22. The minimum atomic E-state index is -3.48. The van der Waals surface area contributed by atoms with Gasteiger partial charge in [0.05, 0.1) is 4.90 Å². The Kier molecular flexibility index (Phi) is 6.86. The second kappa shape index (κ2) is 9.11. The fourth-order valence-electron chi connectivity index (χ4n) is 2.26. The Balaban J connectivity index is 1.93. The highest BCUT2D eigenvalue weighted by atomic mass is 32.2. The monoisotopic (exact) mass is 387 g/mol. The second-order valence-corrected chi connectivity index (χ2v) is 7.60. The molecule has 0 fully saturated rings. The topological polar surface area (TPSA) is 104 Å². The second-order valence-electron chi connectivity index (χ2n) is 5.71. The standard InChI is InChI=1S/C19H21N3O4S/c1-14(23)22-17-5-3-4-16(12-17)13-21-19(24)11-8-15-6-9-18(10-7-15)27(25,26)20-2/h3-12,20H,13H2,1-2H3,(H,21,24)(H,22,23). The molecule has 0 radical (unpaired) electrons. The van der Waals surface area contributed by atoms with Crippen LogP contribution in [0, 0.1) is 0 Å². The molecule has 0 heterocycles. The van der Waals surface area contributed by atoms with Gasteiger partial charge in [-0.15, -0.1) is 0 Å². The third kappa shape index (κ3) is 6.36. The number of hydrogen-bond donors (Lipinski definition) is 3. The van der Waals surface area contributed by atoms with Crippen LogP contribution in [0.3, 0.4) is 0 Å². The average Bonchev–Trinajstić information content (AvgIpc) is 2.65. The van der Waals surface area contributed by atoms with Crippen molar-refractivity contribution >= 4 is 33.6 Å². The molecule has 8 heteroatoms. The predicted octanol–water partition coefficient (Wildman–Crippen LogP) is 1.88. The molecule has 0 saturated heterocycles. The van der Waals surface area contributed by atoms with E-state index in [2.05, 4.69) is 15.4 Å². The van der Waals surface area contributed by atoms with E-state index < -0.39 is 10.0 Å².